The van der Waals surface area contributed by atoms with Gasteiger partial charge in [-0.25, -0.2) is 0 Å². The minimum absolute atomic E-state index is 0.921. The minimum atomic E-state index is 0.921. The van der Waals surface area contributed by atoms with Gasteiger partial charge in [0.1, 0.15) is 0 Å². The summed E-state index contributed by atoms with van der Waals surface area (Å²) in [6, 6.07) is 0. The van der Waals surface area contributed by atoms with Crippen LogP contribution in [0, 0.1) is 0 Å². The van der Waals surface area contributed by atoms with Gasteiger partial charge in [0.15, 0.2) is 0 Å². The molecule has 0 spiro atoms. The van der Waals surface area contributed by atoms with Gasteiger partial charge in [-0.3, -0.25) is 0 Å². The fraction of sp³-hybridized carbons (Fsp3) is 1.00. The molecule has 0 aliphatic carbocycles. The Morgan fingerprint density at radius 3 is 3.25 bits per heavy atom. The predicted octanol–water partition coefficient (Wildman–Crippen LogP) is 2.59. The Kier molecular flexibility index (Phi) is 3.13. The van der Waals surface area contributed by atoms with Crippen molar-refractivity contribution >= 4 is 23.5 Å². The van der Waals surface area contributed by atoms with E-state index in [1.54, 1.807) is 0 Å². The molecule has 1 heterocycles. The first-order valence-corrected chi connectivity index (χ1v) is 5.29. The second-order valence-corrected chi connectivity index (χ2v) is 5.04. The van der Waals surface area contributed by atoms with Crippen LogP contribution in [0.5, 0.6) is 0 Å². The van der Waals surface area contributed by atoms with Gasteiger partial charge in [0.25, 0.3) is 0 Å². The lowest BCUT2D eigenvalue weighted by Crippen LogP contribution is -1.92. The van der Waals surface area contributed by atoms with E-state index < -0.39 is 0 Å². The van der Waals surface area contributed by atoms with E-state index in [4.69, 9.17) is 0 Å². The van der Waals surface area contributed by atoms with Gasteiger partial charge in [0, 0.05) is 10.3 Å². The molecule has 0 N–H and O–H groups in total. The number of hydrogen-bond donors (Lipinski definition) is 0. The molecule has 0 radical (unpaired) electrons. The molecule has 1 atom stereocenters. The normalized spacial score (nSPS) is 31.9. The predicted molar refractivity (Wildman–Crippen MR) is 43.6 cm³/mol. The van der Waals surface area contributed by atoms with Crippen LogP contribution in [0.15, 0.2) is 0 Å². The summed E-state index contributed by atoms with van der Waals surface area (Å²) in [7, 11) is 0. The number of thioether (sulfide) groups is 2. The molecular formula is C6H12S2. The highest BCUT2D eigenvalue weighted by Gasteiger charge is 2.05. The van der Waals surface area contributed by atoms with E-state index in [1.807, 2.05) is 0 Å². The third-order valence-electron chi connectivity index (χ3n) is 1.34. The molecule has 48 valence electrons. The molecule has 2 heteroatoms. The molecule has 0 nitrogen and oxygen atoms in total. The van der Waals surface area contributed by atoms with Crippen LogP contribution in [0.4, 0.5) is 0 Å². The van der Waals surface area contributed by atoms with Gasteiger partial charge >= 0.3 is 0 Å². The summed E-state index contributed by atoms with van der Waals surface area (Å²) >= 11 is 4.18. The van der Waals surface area contributed by atoms with Crippen LogP contribution in [0.1, 0.15) is 19.8 Å². The summed E-state index contributed by atoms with van der Waals surface area (Å²) in [5, 5.41) is 2.24. The van der Waals surface area contributed by atoms with E-state index in [2.05, 4.69) is 30.4 Å². The Morgan fingerprint density at radius 1 is 1.50 bits per heavy atom. The maximum atomic E-state index is 2.33. The van der Waals surface area contributed by atoms with Crippen LogP contribution in [-0.2, 0) is 0 Å². The van der Waals surface area contributed by atoms with Gasteiger partial charge in [-0.2, -0.15) is 11.8 Å². The van der Waals surface area contributed by atoms with Gasteiger partial charge in [-0.15, -0.1) is 11.8 Å². The summed E-state index contributed by atoms with van der Waals surface area (Å²) < 4.78 is 0. The highest BCUT2D eigenvalue weighted by atomic mass is 32.2. The second-order valence-electron chi connectivity index (χ2n) is 2.15. The SMILES string of the molecule is CC1CCCSCS1. The van der Waals surface area contributed by atoms with Crippen molar-refractivity contribution in [2.24, 2.45) is 0 Å². The van der Waals surface area contributed by atoms with Crippen LogP contribution in [-0.4, -0.2) is 16.1 Å². The quantitative estimate of drug-likeness (QED) is 0.518. The van der Waals surface area contributed by atoms with Crippen molar-refractivity contribution in [2.45, 2.75) is 25.0 Å². The minimum Gasteiger partial charge on any atom is -0.151 e. The van der Waals surface area contributed by atoms with Crippen molar-refractivity contribution in [1.82, 2.24) is 0 Å². The highest BCUT2D eigenvalue weighted by molar-refractivity contribution is 8.16. The van der Waals surface area contributed by atoms with Gasteiger partial charge in [0.2, 0.25) is 0 Å². The molecular weight excluding hydrogens is 136 g/mol. The molecule has 8 heavy (non-hydrogen) atoms. The first-order valence-electron chi connectivity index (χ1n) is 3.09. The molecule has 1 unspecified atom stereocenters. The number of hydrogen-bond acceptors (Lipinski definition) is 2. The molecule has 1 saturated heterocycles. The monoisotopic (exact) mass is 148 g/mol. The molecule has 1 fully saturated rings. The highest BCUT2D eigenvalue weighted by Crippen LogP contribution is 2.26. The van der Waals surface area contributed by atoms with Crippen LogP contribution in [0.3, 0.4) is 0 Å². The van der Waals surface area contributed by atoms with Crippen molar-refractivity contribution < 1.29 is 0 Å². The Morgan fingerprint density at radius 2 is 2.38 bits per heavy atom. The van der Waals surface area contributed by atoms with Crippen LogP contribution < -0.4 is 0 Å². The molecule has 0 aromatic carbocycles. The smallest absolute Gasteiger partial charge is 0.0394 e. The van der Waals surface area contributed by atoms with E-state index in [1.165, 1.54) is 23.7 Å². The fourth-order valence-corrected chi connectivity index (χ4v) is 3.27. The second kappa shape index (κ2) is 3.67. The largest absolute Gasteiger partial charge is 0.151 e. The van der Waals surface area contributed by atoms with Crippen molar-refractivity contribution in [3.63, 3.8) is 0 Å². The first kappa shape index (κ1) is 6.81. The summed E-state index contributed by atoms with van der Waals surface area (Å²) in [6.45, 7) is 2.33. The zero-order valence-electron chi connectivity index (χ0n) is 5.22. The third-order valence-corrected chi connectivity index (χ3v) is 3.93. The van der Waals surface area contributed by atoms with Crippen molar-refractivity contribution in [3.05, 3.63) is 0 Å². The van der Waals surface area contributed by atoms with Crippen molar-refractivity contribution in [1.29, 1.82) is 0 Å². The lowest BCUT2D eigenvalue weighted by atomic mass is 10.3. The van der Waals surface area contributed by atoms with E-state index >= 15 is 0 Å². The molecule has 1 rings (SSSR count). The third kappa shape index (κ3) is 2.31. The lowest BCUT2D eigenvalue weighted by molar-refractivity contribution is 0.799. The lowest BCUT2D eigenvalue weighted by Gasteiger charge is -2.02. The Bertz CT molecular complexity index is 55.5. The molecule has 0 saturated carbocycles. The Labute approximate surface area is 59.8 Å². The average Bonchev–Trinajstić information content (AvgIpc) is 1.94. The van der Waals surface area contributed by atoms with E-state index in [0.717, 1.165) is 5.25 Å². The Hall–Kier alpha value is 0.700. The van der Waals surface area contributed by atoms with Gasteiger partial charge in [-0.05, 0) is 18.6 Å². The molecule has 0 amide bonds. The van der Waals surface area contributed by atoms with Gasteiger partial charge in [0.05, 0.1) is 0 Å². The van der Waals surface area contributed by atoms with Gasteiger partial charge < -0.3 is 0 Å². The zero-order chi connectivity index (χ0) is 5.82. The maximum absolute atomic E-state index is 2.33. The topological polar surface area (TPSA) is 0 Å². The first-order chi connectivity index (χ1) is 3.89. The van der Waals surface area contributed by atoms with E-state index in [0.29, 0.717) is 0 Å². The zero-order valence-corrected chi connectivity index (χ0v) is 6.86. The van der Waals surface area contributed by atoms with Gasteiger partial charge in [-0.1, -0.05) is 6.92 Å². The van der Waals surface area contributed by atoms with E-state index in [-0.39, 0.29) is 0 Å². The van der Waals surface area contributed by atoms with Crippen LogP contribution in [0.2, 0.25) is 0 Å². The fourth-order valence-electron chi connectivity index (χ4n) is 0.779. The summed E-state index contributed by atoms with van der Waals surface area (Å²) in [5.74, 6) is 1.39. The Balaban J connectivity index is 2.17. The van der Waals surface area contributed by atoms with E-state index in [9.17, 15) is 0 Å². The van der Waals surface area contributed by atoms with Crippen LogP contribution >= 0.6 is 23.5 Å². The molecule has 0 aromatic heterocycles. The standard InChI is InChI=1S/C6H12S2/c1-6-3-2-4-7-5-8-6/h6H,2-5H2,1H3. The van der Waals surface area contributed by atoms with Crippen LogP contribution in [0.25, 0.3) is 0 Å². The molecule has 0 aromatic rings. The number of rotatable bonds is 0. The summed E-state index contributed by atoms with van der Waals surface area (Å²) in [5.41, 5.74) is 0. The van der Waals surface area contributed by atoms with Crippen molar-refractivity contribution in [3.8, 4) is 0 Å². The summed E-state index contributed by atoms with van der Waals surface area (Å²) in [6.07, 6.45) is 2.86. The van der Waals surface area contributed by atoms with Crippen molar-refractivity contribution in [2.75, 3.05) is 10.8 Å². The molecule has 1 aliphatic heterocycles. The average molecular weight is 148 g/mol. The summed E-state index contributed by atoms with van der Waals surface area (Å²) in [4.78, 5) is 0. The molecule has 0 bridgehead atoms. The maximum Gasteiger partial charge on any atom is 0.0394 e. The molecule has 1 aliphatic rings.